The van der Waals surface area contributed by atoms with Gasteiger partial charge in [0.1, 0.15) is 6.04 Å². The number of morpholine rings is 1. The Morgan fingerprint density at radius 2 is 2.00 bits per heavy atom. The minimum Gasteiger partial charge on any atom is -0.378 e. The molecule has 0 radical (unpaired) electrons. The first-order chi connectivity index (χ1) is 8.66. The molecule has 104 valence electrons. The van der Waals surface area contributed by atoms with E-state index in [1.54, 1.807) is 0 Å². The Balaban J connectivity index is 1.72. The van der Waals surface area contributed by atoms with Crippen LogP contribution < -0.4 is 10.6 Å². The van der Waals surface area contributed by atoms with E-state index < -0.39 is 0 Å². The summed E-state index contributed by atoms with van der Waals surface area (Å²) in [6.07, 6.45) is 4.75. The highest BCUT2D eigenvalue weighted by atomic mass is 16.5. The van der Waals surface area contributed by atoms with Gasteiger partial charge in [0.05, 0.1) is 13.2 Å². The van der Waals surface area contributed by atoms with Crippen molar-refractivity contribution >= 4 is 5.91 Å². The standard InChI is InChI=1S/C14H26N2O2/c1-10(2)11-3-5-12(6-4-11)16-14(17)13-9-18-8-7-15-13/h10-13,15H,3-9H2,1-2H3,(H,16,17). The van der Waals surface area contributed by atoms with Gasteiger partial charge >= 0.3 is 0 Å². The summed E-state index contributed by atoms with van der Waals surface area (Å²) in [6, 6.07) is 0.220. The number of hydrogen-bond donors (Lipinski definition) is 2. The van der Waals surface area contributed by atoms with Crippen molar-refractivity contribution < 1.29 is 9.53 Å². The Kier molecular flexibility index (Phi) is 5.01. The number of hydrogen-bond acceptors (Lipinski definition) is 3. The van der Waals surface area contributed by atoms with E-state index in [2.05, 4.69) is 24.5 Å². The Morgan fingerprint density at radius 3 is 2.56 bits per heavy atom. The van der Waals surface area contributed by atoms with E-state index in [1.807, 2.05) is 0 Å². The predicted octanol–water partition coefficient (Wildman–Crippen LogP) is 1.31. The number of carbonyl (C=O) groups is 1. The average Bonchev–Trinajstić information content (AvgIpc) is 2.40. The fourth-order valence-electron chi connectivity index (χ4n) is 2.97. The lowest BCUT2D eigenvalue weighted by atomic mass is 9.79. The molecular weight excluding hydrogens is 228 g/mol. The normalized spacial score (nSPS) is 33.4. The quantitative estimate of drug-likeness (QED) is 0.798. The third-order valence-corrected chi connectivity index (χ3v) is 4.30. The van der Waals surface area contributed by atoms with Crippen molar-refractivity contribution in [3.05, 3.63) is 0 Å². The molecule has 1 amide bonds. The van der Waals surface area contributed by atoms with Gasteiger partial charge in [-0.3, -0.25) is 4.79 Å². The molecule has 2 rings (SSSR count). The number of nitrogens with one attached hydrogen (secondary N) is 2. The molecule has 1 saturated heterocycles. The van der Waals surface area contributed by atoms with Crippen molar-refractivity contribution in [3.8, 4) is 0 Å². The molecule has 4 heteroatoms. The summed E-state index contributed by atoms with van der Waals surface area (Å²) < 4.78 is 5.32. The molecule has 0 spiro atoms. The molecule has 0 bridgehead atoms. The molecule has 18 heavy (non-hydrogen) atoms. The highest BCUT2D eigenvalue weighted by Crippen LogP contribution is 2.29. The van der Waals surface area contributed by atoms with Gasteiger partial charge in [0.15, 0.2) is 0 Å². The first kappa shape index (κ1) is 13.8. The van der Waals surface area contributed by atoms with Crippen molar-refractivity contribution in [1.82, 2.24) is 10.6 Å². The van der Waals surface area contributed by atoms with Crippen LogP contribution in [0.2, 0.25) is 0 Å². The summed E-state index contributed by atoms with van der Waals surface area (Å²) >= 11 is 0. The third-order valence-electron chi connectivity index (χ3n) is 4.30. The zero-order valence-corrected chi connectivity index (χ0v) is 11.6. The second-order valence-corrected chi connectivity index (χ2v) is 5.95. The molecular formula is C14H26N2O2. The highest BCUT2D eigenvalue weighted by Gasteiger charge is 2.27. The van der Waals surface area contributed by atoms with Crippen LogP contribution >= 0.6 is 0 Å². The van der Waals surface area contributed by atoms with Crippen molar-refractivity contribution in [2.45, 2.75) is 51.6 Å². The van der Waals surface area contributed by atoms with E-state index in [0.717, 1.165) is 31.2 Å². The summed E-state index contributed by atoms with van der Waals surface area (Å²) in [7, 11) is 0. The summed E-state index contributed by atoms with van der Waals surface area (Å²) in [6.45, 7) is 6.59. The average molecular weight is 254 g/mol. The Hall–Kier alpha value is -0.610. The summed E-state index contributed by atoms with van der Waals surface area (Å²) in [4.78, 5) is 12.0. The van der Waals surface area contributed by atoms with Crippen molar-refractivity contribution in [2.75, 3.05) is 19.8 Å². The Morgan fingerprint density at radius 1 is 1.28 bits per heavy atom. The van der Waals surface area contributed by atoms with Crippen LogP contribution in [-0.4, -0.2) is 37.7 Å². The molecule has 1 aliphatic heterocycles. The minimum atomic E-state index is -0.151. The fourth-order valence-corrected chi connectivity index (χ4v) is 2.97. The highest BCUT2D eigenvalue weighted by molar-refractivity contribution is 5.82. The molecule has 2 fully saturated rings. The first-order valence-electron chi connectivity index (χ1n) is 7.28. The van der Waals surface area contributed by atoms with E-state index >= 15 is 0 Å². The van der Waals surface area contributed by atoms with Gasteiger partial charge in [-0.25, -0.2) is 0 Å². The van der Waals surface area contributed by atoms with E-state index in [9.17, 15) is 4.79 Å². The number of carbonyl (C=O) groups excluding carboxylic acids is 1. The Bertz CT molecular complexity index is 267. The van der Waals surface area contributed by atoms with E-state index in [-0.39, 0.29) is 11.9 Å². The van der Waals surface area contributed by atoms with Gasteiger partial charge in [-0.2, -0.15) is 0 Å². The number of amides is 1. The van der Waals surface area contributed by atoms with Crippen molar-refractivity contribution in [2.24, 2.45) is 11.8 Å². The monoisotopic (exact) mass is 254 g/mol. The maximum Gasteiger partial charge on any atom is 0.239 e. The Labute approximate surface area is 110 Å². The molecule has 1 aliphatic carbocycles. The second-order valence-electron chi connectivity index (χ2n) is 5.95. The molecule has 1 unspecified atom stereocenters. The van der Waals surface area contributed by atoms with Gasteiger partial charge in [-0.15, -0.1) is 0 Å². The molecule has 4 nitrogen and oxygen atoms in total. The van der Waals surface area contributed by atoms with Crippen LogP contribution in [0.3, 0.4) is 0 Å². The van der Waals surface area contributed by atoms with E-state index in [0.29, 0.717) is 19.3 Å². The lowest BCUT2D eigenvalue weighted by Crippen LogP contribution is -2.53. The fraction of sp³-hybridized carbons (Fsp3) is 0.929. The van der Waals surface area contributed by atoms with Gasteiger partial charge < -0.3 is 15.4 Å². The van der Waals surface area contributed by atoms with Crippen LogP contribution in [0.15, 0.2) is 0 Å². The van der Waals surface area contributed by atoms with Crippen molar-refractivity contribution in [1.29, 1.82) is 0 Å². The molecule has 1 atom stereocenters. The summed E-state index contributed by atoms with van der Waals surface area (Å²) in [5.74, 6) is 1.73. The lowest BCUT2D eigenvalue weighted by Gasteiger charge is -2.32. The van der Waals surface area contributed by atoms with Gasteiger partial charge in [-0.05, 0) is 37.5 Å². The van der Waals surface area contributed by atoms with Gasteiger partial charge in [0, 0.05) is 12.6 Å². The van der Waals surface area contributed by atoms with Gasteiger partial charge in [-0.1, -0.05) is 13.8 Å². The third kappa shape index (κ3) is 3.69. The van der Waals surface area contributed by atoms with Gasteiger partial charge in [0.25, 0.3) is 0 Å². The molecule has 0 aromatic heterocycles. The molecule has 2 N–H and O–H groups in total. The topological polar surface area (TPSA) is 50.4 Å². The van der Waals surface area contributed by atoms with Crippen LogP contribution in [0.25, 0.3) is 0 Å². The van der Waals surface area contributed by atoms with Crippen molar-refractivity contribution in [3.63, 3.8) is 0 Å². The lowest BCUT2D eigenvalue weighted by molar-refractivity contribution is -0.126. The zero-order valence-electron chi connectivity index (χ0n) is 11.6. The zero-order chi connectivity index (χ0) is 13.0. The molecule has 0 aromatic carbocycles. The number of ether oxygens (including phenoxy) is 1. The molecule has 1 saturated carbocycles. The van der Waals surface area contributed by atoms with E-state index in [1.165, 1.54) is 12.8 Å². The van der Waals surface area contributed by atoms with Crippen LogP contribution in [0, 0.1) is 11.8 Å². The van der Waals surface area contributed by atoms with Crippen LogP contribution in [0.5, 0.6) is 0 Å². The SMILES string of the molecule is CC(C)C1CCC(NC(=O)C2COCCN2)CC1. The smallest absolute Gasteiger partial charge is 0.239 e. The molecule has 1 heterocycles. The van der Waals surface area contributed by atoms with Crippen LogP contribution in [0.1, 0.15) is 39.5 Å². The van der Waals surface area contributed by atoms with Crippen LogP contribution in [-0.2, 0) is 9.53 Å². The predicted molar refractivity (Wildman–Crippen MR) is 71.3 cm³/mol. The largest absolute Gasteiger partial charge is 0.378 e. The van der Waals surface area contributed by atoms with Gasteiger partial charge in [0.2, 0.25) is 5.91 Å². The number of rotatable bonds is 3. The summed E-state index contributed by atoms with van der Waals surface area (Å²) in [5, 5.41) is 6.37. The molecule has 2 aliphatic rings. The second kappa shape index (κ2) is 6.53. The minimum absolute atomic E-state index is 0.114. The maximum absolute atomic E-state index is 12.0. The molecule has 0 aromatic rings. The first-order valence-corrected chi connectivity index (χ1v) is 7.28. The summed E-state index contributed by atoms with van der Waals surface area (Å²) in [5.41, 5.74) is 0. The van der Waals surface area contributed by atoms with E-state index in [4.69, 9.17) is 4.74 Å². The van der Waals surface area contributed by atoms with Crippen LogP contribution in [0.4, 0.5) is 0 Å². The maximum atomic E-state index is 12.0.